The second kappa shape index (κ2) is 9.12. The van der Waals surface area contributed by atoms with E-state index in [0.29, 0.717) is 30.1 Å². The van der Waals surface area contributed by atoms with Gasteiger partial charge in [-0.05, 0) is 29.8 Å². The zero-order valence-electron chi connectivity index (χ0n) is 18.2. The normalized spacial score (nSPS) is 17.4. The Morgan fingerprint density at radius 3 is 2.24 bits per heavy atom. The highest BCUT2D eigenvalue weighted by atomic mass is 16.5. The lowest BCUT2D eigenvalue weighted by atomic mass is 9.81. The van der Waals surface area contributed by atoms with Crippen molar-refractivity contribution in [1.82, 2.24) is 20.3 Å². The van der Waals surface area contributed by atoms with Gasteiger partial charge in [0.2, 0.25) is 5.82 Å². The zero-order chi connectivity index (χ0) is 23.4. The topological polar surface area (TPSA) is 130 Å². The van der Waals surface area contributed by atoms with Gasteiger partial charge in [0.05, 0.1) is 24.3 Å². The number of pyridine rings is 1. The first-order chi connectivity index (χ1) is 15.8. The van der Waals surface area contributed by atoms with Crippen LogP contribution in [0.2, 0.25) is 0 Å². The maximum atomic E-state index is 10.7. The van der Waals surface area contributed by atoms with E-state index in [1.54, 1.807) is 6.20 Å². The molecule has 1 saturated carbocycles. The van der Waals surface area contributed by atoms with Crippen molar-refractivity contribution < 1.29 is 19.4 Å². The fraction of sp³-hybridized carbons (Fsp3) is 0.292. The minimum absolute atomic E-state index is 0.00319. The summed E-state index contributed by atoms with van der Waals surface area (Å²) in [5, 5.41) is 20.0. The Labute approximate surface area is 191 Å². The van der Waals surface area contributed by atoms with E-state index >= 15 is 0 Å². The molecule has 2 heterocycles. The molecule has 0 radical (unpaired) electrons. The Balaban J connectivity index is 1.37. The van der Waals surface area contributed by atoms with Crippen molar-refractivity contribution in [2.24, 2.45) is 0 Å². The number of aromatic nitrogens is 3. The zero-order valence-corrected chi connectivity index (χ0v) is 18.2. The molecule has 1 aromatic carbocycles. The number of rotatable bonds is 7. The average molecular weight is 445 g/mol. The first kappa shape index (κ1) is 22.0. The molecule has 9 heteroatoms. The maximum absolute atomic E-state index is 10.7. The van der Waals surface area contributed by atoms with Gasteiger partial charge in [-0.2, -0.15) is 5.26 Å². The lowest BCUT2D eigenvalue weighted by molar-refractivity contribution is 0.0830. The summed E-state index contributed by atoms with van der Waals surface area (Å²) in [4.78, 5) is 23.1. The molecule has 0 saturated heterocycles. The van der Waals surface area contributed by atoms with E-state index in [-0.39, 0.29) is 23.4 Å². The quantitative estimate of drug-likeness (QED) is 0.557. The number of ether oxygens (including phenoxy) is 2. The molecule has 0 bridgehead atoms. The van der Waals surface area contributed by atoms with Crippen LogP contribution in [0.15, 0.2) is 55.0 Å². The number of hydrogen-bond acceptors (Lipinski definition) is 7. The smallest absolute Gasteiger partial charge is 0.404 e. The van der Waals surface area contributed by atoms with Gasteiger partial charge in [-0.15, -0.1) is 0 Å². The molecule has 1 aliphatic rings. The van der Waals surface area contributed by atoms with E-state index < -0.39 is 6.09 Å². The van der Waals surface area contributed by atoms with Crippen LogP contribution in [-0.4, -0.2) is 38.3 Å². The number of nitrogens with zero attached hydrogens (tertiary/aromatic N) is 4. The van der Waals surface area contributed by atoms with Crippen molar-refractivity contribution in [3.63, 3.8) is 0 Å². The highest BCUT2D eigenvalue weighted by molar-refractivity contribution is 5.65. The summed E-state index contributed by atoms with van der Waals surface area (Å²) in [7, 11) is 0. The molecule has 0 aliphatic heterocycles. The average Bonchev–Trinajstić information content (AvgIpc) is 2.78. The highest BCUT2D eigenvalue weighted by Crippen LogP contribution is 2.33. The molecular weight excluding hydrogens is 422 g/mol. The molecule has 0 atom stereocenters. The lowest BCUT2D eigenvalue weighted by Crippen LogP contribution is -2.48. The number of benzene rings is 1. The minimum Gasteiger partial charge on any atom is -0.489 e. The van der Waals surface area contributed by atoms with E-state index in [1.165, 1.54) is 12.4 Å². The van der Waals surface area contributed by atoms with Gasteiger partial charge in [-0.1, -0.05) is 26.0 Å². The van der Waals surface area contributed by atoms with Gasteiger partial charge in [0, 0.05) is 24.3 Å². The van der Waals surface area contributed by atoms with Crippen LogP contribution in [0, 0.1) is 11.3 Å². The summed E-state index contributed by atoms with van der Waals surface area (Å²) in [6.45, 7) is 4.18. The fourth-order valence-corrected chi connectivity index (χ4v) is 3.62. The maximum Gasteiger partial charge on any atom is 0.404 e. The molecule has 4 rings (SSSR count). The largest absolute Gasteiger partial charge is 0.489 e. The van der Waals surface area contributed by atoms with E-state index in [0.717, 1.165) is 11.3 Å². The molecule has 3 aromatic rings. The number of hydrogen-bond donors (Lipinski definition) is 2. The lowest BCUT2D eigenvalue weighted by Gasteiger charge is -2.35. The third-order valence-corrected chi connectivity index (χ3v) is 5.64. The molecule has 9 nitrogen and oxygen atoms in total. The third-order valence-electron chi connectivity index (χ3n) is 5.64. The van der Waals surface area contributed by atoms with E-state index in [4.69, 9.17) is 19.8 Å². The van der Waals surface area contributed by atoms with Crippen molar-refractivity contribution >= 4 is 6.09 Å². The summed E-state index contributed by atoms with van der Waals surface area (Å²) in [6.07, 6.45) is 4.93. The Bertz CT molecular complexity index is 1150. The number of carboxylic acid groups (broad SMARTS) is 1. The van der Waals surface area contributed by atoms with Gasteiger partial charge in [-0.3, -0.25) is 4.98 Å². The molecule has 1 aliphatic carbocycles. The van der Waals surface area contributed by atoms with Crippen LogP contribution in [0.4, 0.5) is 4.79 Å². The van der Waals surface area contributed by atoms with Gasteiger partial charge < -0.3 is 19.9 Å². The fourth-order valence-electron chi connectivity index (χ4n) is 3.62. The summed E-state index contributed by atoms with van der Waals surface area (Å²) < 4.78 is 11.6. The molecule has 168 valence electrons. The van der Waals surface area contributed by atoms with Crippen molar-refractivity contribution in [3.8, 4) is 23.3 Å². The Kier molecular flexibility index (Phi) is 6.09. The number of nitrogens with one attached hydrogen (secondary N) is 1. The Hall–Kier alpha value is -4.19. The molecule has 0 spiro atoms. The van der Waals surface area contributed by atoms with Crippen molar-refractivity contribution in [2.45, 2.75) is 44.2 Å². The number of amides is 1. The monoisotopic (exact) mass is 445 g/mol. The standard InChI is InChI=1S/C24H23N5O4/c1-24(2,15-3-5-17(6-4-15)32-20-13-27-22(11-25)28-14-20)21-8-7-18(12-26-21)33-19-9-16(10-19)29-23(30)31/h3-8,12-14,16,19,29H,9-10H2,1-2H3,(H,30,31)/t16-,19+. The van der Waals surface area contributed by atoms with Gasteiger partial charge in [0.1, 0.15) is 23.7 Å². The summed E-state index contributed by atoms with van der Waals surface area (Å²) in [5.74, 6) is 1.85. The van der Waals surface area contributed by atoms with Gasteiger partial charge in [-0.25, -0.2) is 14.8 Å². The molecule has 2 N–H and O–H groups in total. The number of carbonyl (C=O) groups is 1. The molecule has 33 heavy (non-hydrogen) atoms. The molecule has 1 fully saturated rings. The highest BCUT2D eigenvalue weighted by Gasteiger charge is 2.32. The Morgan fingerprint density at radius 1 is 1.03 bits per heavy atom. The number of nitriles is 1. The van der Waals surface area contributed by atoms with Crippen molar-refractivity contribution in [3.05, 3.63) is 72.1 Å². The van der Waals surface area contributed by atoms with Crippen LogP contribution in [0.25, 0.3) is 0 Å². The summed E-state index contributed by atoms with van der Waals surface area (Å²) in [5.41, 5.74) is 1.61. The SMILES string of the molecule is CC(C)(c1ccc(Oc2cnc(C#N)nc2)cc1)c1ccc(O[C@H]2C[C@@H](NC(=O)O)C2)cn1. The molecule has 2 aromatic heterocycles. The minimum atomic E-state index is -1.01. The third kappa shape index (κ3) is 5.18. The van der Waals surface area contributed by atoms with Crippen molar-refractivity contribution in [1.29, 1.82) is 5.26 Å². The van der Waals surface area contributed by atoms with Crippen LogP contribution < -0.4 is 14.8 Å². The van der Waals surface area contributed by atoms with Gasteiger partial charge >= 0.3 is 6.09 Å². The van der Waals surface area contributed by atoms with Crippen LogP contribution in [-0.2, 0) is 5.41 Å². The van der Waals surface area contributed by atoms with Crippen molar-refractivity contribution in [2.75, 3.05) is 0 Å². The Morgan fingerprint density at radius 2 is 1.67 bits per heavy atom. The van der Waals surface area contributed by atoms with Gasteiger partial charge in [0.25, 0.3) is 0 Å². The first-order valence-corrected chi connectivity index (χ1v) is 10.5. The van der Waals surface area contributed by atoms with Gasteiger partial charge in [0.15, 0.2) is 5.75 Å². The second-order valence-corrected chi connectivity index (χ2v) is 8.34. The van der Waals surface area contributed by atoms with E-state index in [9.17, 15) is 4.79 Å². The van der Waals surface area contributed by atoms with Crippen LogP contribution >= 0.6 is 0 Å². The van der Waals surface area contributed by atoms with Crippen LogP contribution in [0.5, 0.6) is 17.2 Å². The first-order valence-electron chi connectivity index (χ1n) is 10.5. The summed E-state index contributed by atoms with van der Waals surface area (Å²) >= 11 is 0. The molecule has 1 amide bonds. The predicted octanol–water partition coefficient (Wildman–Crippen LogP) is 4.04. The van der Waals surface area contributed by atoms with Crippen LogP contribution in [0.1, 0.15) is 43.8 Å². The molecular formula is C24H23N5O4. The van der Waals surface area contributed by atoms with E-state index in [1.807, 2.05) is 42.5 Å². The summed E-state index contributed by atoms with van der Waals surface area (Å²) in [6, 6.07) is 13.4. The predicted molar refractivity (Wildman–Crippen MR) is 118 cm³/mol. The second-order valence-electron chi connectivity index (χ2n) is 8.34. The van der Waals surface area contributed by atoms with Crippen LogP contribution in [0.3, 0.4) is 0 Å². The van der Waals surface area contributed by atoms with E-state index in [2.05, 4.69) is 34.1 Å². The molecule has 0 unspecified atom stereocenters.